The maximum atomic E-state index is 11.7. The van der Waals surface area contributed by atoms with Crippen molar-refractivity contribution in [2.24, 2.45) is 5.92 Å². The van der Waals surface area contributed by atoms with E-state index in [9.17, 15) is 18.5 Å². The van der Waals surface area contributed by atoms with Crippen LogP contribution >= 0.6 is 0 Å². The summed E-state index contributed by atoms with van der Waals surface area (Å²) in [5.74, 6) is 0.253. The highest BCUT2D eigenvalue weighted by molar-refractivity contribution is 7.89. The van der Waals surface area contributed by atoms with Crippen molar-refractivity contribution >= 4 is 32.4 Å². The Balaban J connectivity index is 1.72. The fraction of sp³-hybridized carbons (Fsp3) is 0.533. The molecule has 9 nitrogen and oxygen atoms in total. The lowest BCUT2D eigenvalue weighted by Crippen LogP contribution is -2.32. The molecule has 0 atom stereocenters. The third kappa shape index (κ3) is 3.90. The van der Waals surface area contributed by atoms with E-state index in [4.69, 9.17) is 0 Å². The monoisotopic (exact) mass is 367 g/mol. The van der Waals surface area contributed by atoms with Crippen molar-refractivity contribution in [2.75, 3.05) is 18.1 Å². The molecule has 0 aromatic carbocycles. The summed E-state index contributed by atoms with van der Waals surface area (Å²) in [7, 11) is -1.78. The average molecular weight is 367 g/mol. The van der Waals surface area contributed by atoms with Gasteiger partial charge in [0, 0.05) is 17.6 Å². The second kappa shape index (κ2) is 6.96. The van der Waals surface area contributed by atoms with Gasteiger partial charge in [0.1, 0.15) is 17.5 Å². The van der Waals surface area contributed by atoms with Crippen molar-refractivity contribution in [3.63, 3.8) is 0 Å². The molecule has 1 saturated carbocycles. The molecule has 0 unspecified atom stereocenters. The zero-order chi connectivity index (χ0) is 18.0. The minimum atomic E-state index is -3.21. The van der Waals surface area contributed by atoms with Gasteiger partial charge in [0.15, 0.2) is 0 Å². The summed E-state index contributed by atoms with van der Waals surface area (Å²) in [6, 6.07) is 1.84. The molecular formula is C15H21N5O4S. The molecule has 1 aliphatic rings. The molecule has 2 heterocycles. The summed E-state index contributed by atoms with van der Waals surface area (Å²) in [6.07, 6.45) is 6.05. The fourth-order valence-electron chi connectivity index (χ4n) is 3.36. The Hall–Kier alpha value is -2.20. The van der Waals surface area contributed by atoms with E-state index >= 15 is 0 Å². The number of hydrogen-bond acceptors (Lipinski definition) is 6. The number of aromatic nitrogens is 2. The van der Waals surface area contributed by atoms with Crippen LogP contribution in [0, 0.1) is 16.0 Å². The Morgan fingerprint density at radius 3 is 2.72 bits per heavy atom. The van der Waals surface area contributed by atoms with Gasteiger partial charge in [-0.1, -0.05) is 0 Å². The van der Waals surface area contributed by atoms with Gasteiger partial charge in [-0.3, -0.25) is 10.1 Å². The van der Waals surface area contributed by atoms with Crippen LogP contribution in [0.3, 0.4) is 0 Å². The van der Waals surface area contributed by atoms with Crippen LogP contribution < -0.4 is 10.0 Å². The number of sulfonamides is 1. The van der Waals surface area contributed by atoms with Crippen molar-refractivity contribution in [1.82, 2.24) is 14.7 Å². The summed E-state index contributed by atoms with van der Waals surface area (Å²) in [6.45, 7) is 0. The zero-order valence-electron chi connectivity index (χ0n) is 13.9. The summed E-state index contributed by atoms with van der Waals surface area (Å²) >= 11 is 0. The van der Waals surface area contributed by atoms with E-state index in [1.807, 2.05) is 0 Å². The Bertz CT molecular complexity index is 871. The van der Waals surface area contributed by atoms with E-state index in [0.29, 0.717) is 16.7 Å². The van der Waals surface area contributed by atoms with Crippen LogP contribution in [-0.2, 0) is 10.0 Å². The van der Waals surface area contributed by atoms with Gasteiger partial charge in [0.05, 0.1) is 10.7 Å². The zero-order valence-corrected chi connectivity index (χ0v) is 14.7. The molecule has 10 heteroatoms. The van der Waals surface area contributed by atoms with E-state index < -0.39 is 14.9 Å². The number of H-pyrrole nitrogens is 1. The lowest BCUT2D eigenvalue weighted by molar-refractivity contribution is -0.384. The maximum absolute atomic E-state index is 11.7. The number of fused-ring (bicyclic) bond motifs is 1. The van der Waals surface area contributed by atoms with Crippen molar-refractivity contribution in [3.8, 4) is 0 Å². The van der Waals surface area contributed by atoms with Gasteiger partial charge in [-0.2, -0.15) is 0 Å². The molecule has 0 radical (unpaired) electrons. The Kier molecular flexibility index (Phi) is 4.91. The largest absolute Gasteiger partial charge is 0.376 e. The number of anilines is 1. The average Bonchev–Trinajstić information content (AvgIpc) is 3.05. The van der Waals surface area contributed by atoms with E-state index in [1.54, 1.807) is 12.3 Å². The lowest BCUT2D eigenvalue weighted by atomic mass is 9.87. The third-order valence-electron chi connectivity index (χ3n) is 4.72. The molecule has 3 rings (SSSR count). The molecule has 0 bridgehead atoms. The number of nitrogens with one attached hydrogen (secondary N) is 3. The van der Waals surface area contributed by atoms with E-state index in [2.05, 4.69) is 20.0 Å². The van der Waals surface area contributed by atoms with Crippen LogP contribution in [0.15, 0.2) is 18.5 Å². The van der Waals surface area contributed by atoms with Crippen LogP contribution in [0.25, 0.3) is 11.0 Å². The molecule has 0 amide bonds. The second-order valence-electron chi connectivity index (χ2n) is 6.36. The van der Waals surface area contributed by atoms with E-state index in [-0.39, 0.29) is 23.4 Å². The highest BCUT2D eigenvalue weighted by Crippen LogP contribution is 2.34. The highest BCUT2D eigenvalue weighted by Gasteiger charge is 2.27. The second-order valence-corrected chi connectivity index (χ2v) is 8.33. The van der Waals surface area contributed by atoms with Crippen molar-refractivity contribution in [3.05, 3.63) is 28.6 Å². The number of nitrogens with zero attached hydrogens (tertiary/aromatic N) is 2. The predicted molar refractivity (Wildman–Crippen MR) is 95.0 cm³/mol. The van der Waals surface area contributed by atoms with Crippen molar-refractivity contribution in [2.45, 2.75) is 31.7 Å². The van der Waals surface area contributed by atoms with Gasteiger partial charge >= 0.3 is 5.69 Å². The first kappa shape index (κ1) is 17.6. The SMILES string of the molecule is CNS(=O)(=O)CC1CCC(Nc2c([N+](=O)[O-])cnc3[nH]ccc23)CC1. The molecule has 2 aromatic heterocycles. The Morgan fingerprint density at radius 1 is 1.36 bits per heavy atom. The summed E-state index contributed by atoms with van der Waals surface area (Å²) in [5, 5.41) is 15.3. The quantitative estimate of drug-likeness (QED) is 0.529. The molecule has 0 saturated heterocycles. The first-order valence-corrected chi connectivity index (χ1v) is 9.83. The topological polar surface area (TPSA) is 130 Å². The first-order chi connectivity index (χ1) is 11.9. The van der Waals surface area contributed by atoms with Crippen LogP contribution in [0.1, 0.15) is 25.7 Å². The summed E-state index contributed by atoms with van der Waals surface area (Å²) in [5.41, 5.74) is 1.02. The van der Waals surface area contributed by atoms with Gasteiger partial charge in [-0.15, -0.1) is 0 Å². The molecule has 25 heavy (non-hydrogen) atoms. The number of pyridine rings is 1. The molecule has 0 aliphatic heterocycles. The number of aromatic amines is 1. The van der Waals surface area contributed by atoms with Gasteiger partial charge < -0.3 is 10.3 Å². The molecule has 1 aliphatic carbocycles. The predicted octanol–water partition coefficient (Wildman–Crippen LogP) is 1.99. The van der Waals surface area contributed by atoms with Crippen molar-refractivity contribution < 1.29 is 13.3 Å². The smallest absolute Gasteiger partial charge is 0.311 e. The van der Waals surface area contributed by atoms with Crippen LogP contribution in [0.2, 0.25) is 0 Å². The normalized spacial score (nSPS) is 21.3. The molecule has 0 spiro atoms. The summed E-state index contributed by atoms with van der Waals surface area (Å²) < 4.78 is 25.7. The Morgan fingerprint density at radius 2 is 2.08 bits per heavy atom. The van der Waals surface area contributed by atoms with Crippen molar-refractivity contribution in [1.29, 1.82) is 0 Å². The van der Waals surface area contributed by atoms with Gasteiger partial charge in [0.2, 0.25) is 10.0 Å². The third-order valence-corrected chi connectivity index (χ3v) is 6.26. The summed E-state index contributed by atoms with van der Waals surface area (Å²) in [4.78, 5) is 17.9. The lowest BCUT2D eigenvalue weighted by Gasteiger charge is -2.29. The molecule has 136 valence electrons. The first-order valence-electron chi connectivity index (χ1n) is 8.18. The standard InChI is InChI=1S/C15H21N5O4S/c1-16-25(23,24)9-10-2-4-11(5-3-10)19-14-12-6-7-17-15(12)18-8-13(14)20(21)22/h6-8,10-11,16H,2-5,9H2,1H3,(H2,17,18,19). The van der Waals surface area contributed by atoms with Gasteiger partial charge in [-0.05, 0) is 44.7 Å². The van der Waals surface area contributed by atoms with Gasteiger partial charge in [0.25, 0.3) is 0 Å². The Labute approximate surface area is 145 Å². The van der Waals surface area contributed by atoms with Crippen LogP contribution in [-0.4, -0.2) is 42.2 Å². The minimum absolute atomic E-state index is 0.0491. The van der Waals surface area contributed by atoms with E-state index in [1.165, 1.54) is 13.2 Å². The molecule has 1 fully saturated rings. The molecule has 3 N–H and O–H groups in total. The van der Waals surface area contributed by atoms with E-state index in [0.717, 1.165) is 25.7 Å². The van der Waals surface area contributed by atoms with Crippen LogP contribution in [0.5, 0.6) is 0 Å². The molecule has 2 aromatic rings. The number of rotatable bonds is 6. The minimum Gasteiger partial charge on any atom is -0.376 e. The van der Waals surface area contributed by atoms with Gasteiger partial charge in [-0.25, -0.2) is 18.1 Å². The van der Waals surface area contributed by atoms with Crippen LogP contribution in [0.4, 0.5) is 11.4 Å². The number of hydrogen-bond donors (Lipinski definition) is 3. The highest BCUT2D eigenvalue weighted by atomic mass is 32.2. The number of nitro groups is 1. The maximum Gasteiger partial charge on any atom is 0.311 e. The molecular weight excluding hydrogens is 346 g/mol. The fourth-order valence-corrected chi connectivity index (χ4v) is 4.48.